The zero-order valence-electron chi connectivity index (χ0n) is 18.1. The molecule has 8 heteroatoms. The summed E-state index contributed by atoms with van der Waals surface area (Å²) in [5.74, 6) is -1.62. The molecular weight excluding hydrogens is 444 g/mol. The smallest absolute Gasteiger partial charge is 0.398 e. The summed E-state index contributed by atoms with van der Waals surface area (Å²) < 4.78 is 54.8. The van der Waals surface area contributed by atoms with Crippen LogP contribution in [0.4, 0.5) is 23.2 Å². The van der Waals surface area contributed by atoms with E-state index in [4.69, 9.17) is 17.3 Å². The number of halogens is 5. The molecule has 1 heterocycles. The molecule has 3 nitrogen and oxygen atoms in total. The molecular formula is C24H27ClF4N2O. The maximum absolute atomic E-state index is 14.1. The molecule has 2 N–H and O–H groups in total. The highest BCUT2D eigenvalue weighted by atomic mass is 35.5. The third kappa shape index (κ3) is 5.55. The van der Waals surface area contributed by atoms with Gasteiger partial charge >= 0.3 is 6.18 Å². The van der Waals surface area contributed by atoms with Gasteiger partial charge in [0.15, 0.2) is 0 Å². The van der Waals surface area contributed by atoms with Crippen molar-refractivity contribution < 1.29 is 22.4 Å². The third-order valence-electron chi connectivity index (χ3n) is 6.21. The zero-order chi connectivity index (χ0) is 23.6. The van der Waals surface area contributed by atoms with Crippen LogP contribution in [0.15, 0.2) is 36.4 Å². The number of carbonyl (C=O) groups is 1. The van der Waals surface area contributed by atoms with Crippen molar-refractivity contribution in [2.75, 3.05) is 12.3 Å². The number of carbonyl (C=O) groups excluding carboxylic acids is 1. The number of rotatable bonds is 7. The minimum atomic E-state index is -4.79. The summed E-state index contributed by atoms with van der Waals surface area (Å²) in [6.07, 6.45) is -3.36. The SMILES string of the molecule is CC(C)N1C[C@@H](C(CCc2ccc(N)c(Cl)c2)Cc2cccc(F)c2C(F)(F)F)CC1=O. The Bertz CT molecular complexity index is 977. The predicted octanol–water partition coefficient (Wildman–Crippen LogP) is 6.13. The van der Waals surface area contributed by atoms with Crippen LogP contribution >= 0.6 is 11.6 Å². The molecule has 2 aromatic carbocycles. The van der Waals surface area contributed by atoms with Gasteiger partial charge in [-0.2, -0.15) is 13.2 Å². The fourth-order valence-corrected chi connectivity index (χ4v) is 4.70. The van der Waals surface area contributed by atoms with Gasteiger partial charge in [0.25, 0.3) is 0 Å². The number of benzene rings is 2. The van der Waals surface area contributed by atoms with Gasteiger partial charge in [0.05, 0.1) is 16.3 Å². The molecule has 0 bridgehead atoms. The Morgan fingerprint density at radius 1 is 1.22 bits per heavy atom. The number of hydrogen-bond acceptors (Lipinski definition) is 2. The molecule has 0 aromatic heterocycles. The summed E-state index contributed by atoms with van der Waals surface area (Å²) in [5.41, 5.74) is 5.83. The van der Waals surface area contributed by atoms with E-state index in [-0.39, 0.29) is 42.2 Å². The number of amides is 1. The number of anilines is 1. The van der Waals surface area contributed by atoms with Gasteiger partial charge in [-0.15, -0.1) is 0 Å². The second kappa shape index (κ2) is 9.69. The van der Waals surface area contributed by atoms with Crippen LogP contribution in [-0.2, 0) is 23.8 Å². The van der Waals surface area contributed by atoms with Crippen LogP contribution in [0.5, 0.6) is 0 Å². The molecule has 1 fully saturated rings. The molecule has 0 saturated carbocycles. The fraction of sp³-hybridized carbons (Fsp3) is 0.458. The number of alkyl halides is 3. The van der Waals surface area contributed by atoms with Gasteiger partial charge in [0.1, 0.15) is 5.82 Å². The van der Waals surface area contributed by atoms with E-state index < -0.39 is 17.6 Å². The van der Waals surface area contributed by atoms with Gasteiger partial charge in [-0.05, 0) is 74.3 Å². The lowest BCUT2D eigenvalue weighted by molar-refractivity contribution is -0.140. The first-order chi connectivity index (χ1) is 15.0. The first kappa shape index (κ1) is 24.4. The Balaban J connectivity index is 1.88. The van der Waals surface area contributed by atoms with Gasteiger partial charge in [0, 0.05) is 19.0 Å². The van der Waals surface area contributed by atoms with E-state index in [1.807, 2.05) is 19.9 Å². The first-order valence-corrected chi connectivity index (χ1v) is 11.0. The molecule has 2 atom stereocenters. The molecule has 0 spiro atoms. The summed E-state index contributed by atoms with van der Waals surface area (Å²) in [5, 5.41) is 0.422. The summed E-state index contributed by atoms with van der Waals surface area (Å²) >= 11 is 6.10. The van der Waals surface area contributed by atoms with Crippen molar-refractivity contribution >= 4 is 23.2 Å². The van der Waals surface area contributed by atoms with Crippen LogP contribution in [0.25, 0.3) is 0 Å². The number of nitrogens with zero attached hydrogens (tertiary/aromatic N) is 1. The molecule has 1 aliphatic rings. The maximum atomic E-state index is 14.1. The minimum Gasteiger partial charge on any atom is -0.398 e. The van der Waals surface area contributed by atoms with E-state index in [2.05, 4.69) is 0 Å². The highest BCUT2D eigenvalue weighted by molar-refractivity contribution is 6.33. The Labute approximate surface area is 190 Å². The number of likely N-dealkylation sites (tertiary alicyclic amines) is 1. The maximum Gasteiger partial charge on any atom is 0.419 e. The fourth-order valence-electron chi connectivity index (χ4n) is 4.50. The monoisotopic (exact) mass is 470 g/mol. The lowest BCUT2D eigenvalue weighted by atomic mass is 9.81. The normalized spacial score (nSPS) is 17.9. The topological polar surface area (TPSA) is 46.3 Å². The molecule has 32 heavy (non-hydrogen) atoms. The highest BCUT2D eigenvalue weighted by Gasteiger charge is 2.40. The van der Waals surface area contributed by atoms with Crippen molar-refractivity contribution in [2.45, 2.75) is 51.7 Å². The van der Waals surface area contributed by atoms with Crippen molar-refractivity contribution in [3.05, 3.63) is 63.9 Å². The van der Waals surface area contributed by atoms with Crippen molar-refractivity contribution in [1.29, 1.82) is 0 Å². The van der Waals surface area contributed by atoms with E-state index in [0.29, 0.717) is 30.1 Å². The van der Waals surface area contributed by atoms with E-state index in [1.165, 1.54) is 12.1 Å². The summed E-state index contributed by atoms with van der Waals surface area (Å²) in [4.78, 5) is 14.2. The van der Waals surface area contributed by atoms with Crippen molar-refractivity contribution in [2.24, 2.45) is 11.8 Å². The van der Waals surface area contributed by atoms with Crippen molar-refractivity contribution in [1.82, 2.24) is 4.90 Å². The van der Waals surface area contributed by atoms with E-state index in [9.17, 15) is 22.4 Å². The van der Waals surface area contributed by atoms with E-state index in [0.717, 1.165) is 11.6 Å². The van der Waals surface area contributed by atoms with Gasteiger partial charge in [0.2, 0.25) is 5.91 Å². The number of hydrogen-bond donors (Lipinski definition) is 1. The van der Waals surface area contributed by atoms with Gasteiger partial charge in [-0.1, -0.05) is 29.8 Å². The molecule has 1 saturated heterocycles. The molecule has 0 radical (unpaired) electrons. The summed E-state index contributed by atoms with van der Waals surface area (Å²) in [6, 6.07) is 8.76. The Morgan fingerprint density at radius 2 is 1.94 bits per heavy atom. The molecule has 174 valence electrons. The second-order valence-electron chi connectivity index (χ2n) is 8.73. The standard InChI is InChI=1S/C24H27ClF4N2O/c1-14(2)31-13-18(12-22(31)32)16(8-6-15-7-9-21(30)19(25)10-15)11-17-4-3-5-20(26)23(17)24(27,28)29/h3-5,7,9-10,14,16,18H,6,8,11-13,30H2,1-2H3/t16?,18-/m0/s1. The Hall–Kier alpha value is -2.28. The average Bonchev–Trinajstić information content (AvgIpc) is 3.08. The minimum absolute atomic E-state index is 0.000756. The van der Waals surface area contributed by atoms with Crippen molar-refractivity contribution in [3.63, 3.8) is 0 Å². The predicted molar refractivity (Wildman–Crippen MR) is 118 cm³/mol. The van der Waals surface area contributed by atoms with Crippen LogP contribution in [0, 0.1) is 17.7 Å². The lowest BCUT2D eigenvalue weighted by Crippen LogP contribution is -2.33. The largest absolute Gasteiger partial charge is 0.419 e. The average molecular weight is 471 g/mol. The number of aryl methyl sites for hydroxylation is 1. The molecule has 0 aliphatic carbocycles. The van der Waals surface area contributed by atoms with Crippen LogP contribution in [0.3, 0.4) is 0 Å². The quantitative estimate of drug-likeness (QED) is 0.391. The van der Waals surface area contributed by atoms with E-state index in [1.54, 1.807) is 17.0 Å². The Kier molecular flexibility index (Phi) is 7.38. The third-order valence-corrected chi connectivity index (χ3v) is 6.54. The molecule has 3 rings (SSSR count). The van der Waals surface area contributed by atoms with Crippen molar-refractivity contribution in [3.8, 4) is 0 Å². The zero-order valence-corrected chi connectivity index (χ0v) is 18.8. The second-order valence-corrected chi connectivity index (χ2v) is 9.14. The summed E-state index contributed by atoms with van der Waals surface area (Å²) in [6.45, 7) is 4.32. The highest BCUT2D eigenvalue weighted by Crippen LogP contribution is 2.38. The van der Waals surface area contributed by atoms with Crippen LogP contribution in [0.1, 0.15) is 43.4 Å². The van der Waals surface area contributed by atoms with Gasteiger partial charge < -0.3 is 10.6 Å². The molecule has 1 aliphatic heterocycles. The van der Waals surface area contributed by atoms with Crippen LogP contribution in [0.2, 0.25) is 5.02 Å². The van der Waals surface area contributed by atoms with Crippen LogP contribution in [-0.4, -0.2) is 23.4 Å². The molecule has 1 unspecified atom stereocenters. The van der Waals surface area contributed by atoms with Crippen LogP contribution < -0.4 is 5.73 Å². The van der Waals surface area contributed by atoms with Gasteiger partial charge in [-0.25, -0.2) is 4.39 Å². The number of nitrogens with two attached hydrogens (primary N) is 1. The Morgan fingerprint density at radius 3 is 2.53 bits per heavy atom. The lowest BCUT2D eigenvalue weighted by Gasteiger charge is -2.27. The van der Waals surface area contributed by atoms with E-state index >= 15 is 0 Å². The molecule has 1 amide bonds. The summed E-state index contributed by atoms with van der Waals surface area (Å²) in [7, 11) is 0. The molecule has 2 aromatic rings. The number of nitrogen functional groups attached to an aromatic ring is 1. The first-order valence-electron chi connectivity index (χ1n) is 10.6. The van der Waals surface area contributed by atoms with Gasteiger partial charge in [-0.3, -0.25) is 4.79 Å².